The summed E-state index contributed by atoms with van der Waals surface area (Å²) in [5, 5.41) is 6.68. The van der Waals surface area contributed by atoms with Gasteiger partial charge < -0.3 is 20.1 Å². The maximum Gasteiger partial charge on any atom is 0.191 e. The standard InChI is InChI=1S/C21H29N3O2.HI/c1-4-26-20-15-17(12-13-19(20)25-3)11-8-14-23-21(22-2)24-16-18-9-6-5-7-10-18;/h5-7,9-10,12-13,15H,4,8,11,14,16H2,1-3H3,(H2,22,23,24);1H. The molecule has 0 saturated heterocycles. The Labute approximate surface area is 179 Å². The van der Waals surface area contributed by atoms with Gasteiger partial charge in [0.05, 0.1) is 13.7 Å². The van der Waals surface area contributed by atoms with Crippen molar-refractivity contribution in [2.45, 2.75) is 26.3 Å². The number of nitrogens with one attached hydrogen (secondary N) is 2. The monoisotopic (exact) mass is 483 g/mol. The van der Waals surface area contributed by atoms with Gasteiger partial charge >= 0.3 is 0 Å². The van der Waals surface area contributed by atoms with Crippen LogP contribution < -0.4 is 20.1 Å². The average Bonchev–Trinajstić information content (AvgIpc) is 2.68. The van der Waals surface area contributed by atoms with Gasteiger partial charge in [-0.2, -0.15) is 0 Å². The van der Waals surface area contributed by atoms with E-state index in [0.717, 1.165) is 43.4 Å². The molecule has 0 atom stereocenters. The van der Waals surface area contributed by atoms with E-state index in [2.05, 4.69) is 39.9 Å². The summed E-state index contributed by atoms with van der Waals surface area (Å²) >= 11 is 0. The van der Waals surface area contributed by atoms with Gasteiger partial charge in [-0.3, -0.25) is 4.99 Å². The molecular weight excluding hydrogens is 453 g/mol. The van der Waals surface area contributed by atoms with E-state index in [1.54, 1.807) is 14.2 Å². The molecule has 0 amide bonds. The average molecular weight is 483 g/mol. The molecule has 0 aliphatic heterocycles. The van der Waals surface area contributed by atoms with E-state index < -0.39 is 0 Å². The zero-order valence-electron chi connectivity index (χ0n) is 16.3. The Kier molecular flexibility index (Phi) is 11.3. The lowest BCUT2D eigenvalue weighted by atomic mass is 10.1. The summed E-state index contributed by atoms with van der Waals surface area (Å²) in [7, 11) is 3.45. The lowest BCUT2D eigenvalue weighted by Gasteiger charge is -2.13. The van der Waals surface area contributed by atoms with E-state index in [0.29, 0.717) is 6.61 Å². The van der Waals surface area contributed by atoms with Crippen molar-refractivity contribution in [1.29, 1.82) is 0 Å². The van der Waals surface area contributed by atoms with Crippen LogP contribution in [0.3, 0.4) is 0 Å². The highest BCUT2D eigenvalue weighted by Gasteiger charge is 2.05. The topological polar surface area (TPSA) is 54.9 Å². The molecule has 0 spiro atoms. The Bertz CT molecular complexity index is 693. The first-order valence-electron chi connectivity index (χ1n) is 9.05. The molecule has 2 rings (SSSR count). The first kappa shape index (κ1) is 23.1. The molecule has 0 aliphatic carbocycles. The van der Waals surface area contributed by atoms with Crippen molar-refractivity contribution in [3.05, 3.63) is 59.7 Å². The van der Waals surface area contributed by atoms with Crippen molar-refractivity contribution in [3.8, 4) is 11.5 Å². The number of aliphatic imine (C=N–C) groups is 1. The summed E-state index contributed by atoms with van der Waals surface area (Å²) in [6.45, 7) is 4.22. The number of nitrogens with zero attached hydrogens (tertiary/aromatic N) is 1. The fourth-order valence-electron chi connectivity index (χ4n) is 2.65. The van der Waals surface area contributed by atoms with Crippen LogP contribution in [0.25, 0.3) is 0 Å². The molecule has 0 aromatic heterocycles. The Morgan fingerprint density at radius 3 is 2.44 bits per heavy atom. The maximum absolute atomic E-state index is 5.63. The van der Waals surface area contributed by atoms with Crippen LogP contribution in [0.15, 0.2) is 53.5 Å². The van der Waals surface area contributed by atoms with Crippen LogP contribution >= 0.6 is 24.0 Å². The van der Waals surface area contributed by atoms with Crippen LogP contribution in [0.4, 0.5) is 0 Å². The van der Waals surface area contributed by atoms with Crippen LogP contribution in [-0.4, -0.2) is 33.3 Å². The summed E-state index contributed by atoms with van der Waals surface area (Å²) in [5.74, 6) is 2.40. The third-order valence-corrected chi connectivity index (χ3v) is 3.99. The highest BCUT2D eigenvalue weighted by Crippen LogP contribution is 2.28. The molecule has 0 unspecified atom stereocenters. The molecule has 2 aromatic rings. The summed E-state index contributed by atoms with van der Waals surface area (Å²) in [4.78, 5) is 4.27. The van der Waals surface area contributed by atoms with Gasteiger partial charge in [0.25, 0.3) is 0 Å². The summed E-state index contributed by atoms with van der Waals surface area (Å²) in [5.41, 5.74) is 2.47. The van der Waals surface area contributed by atoms with Crippen molar-refractivity contribution in [2.75, 3.05) is 27.3 Å². The number of methoxy groups -OCH3 is 1. The molecule has 0 radical (unpaired) electrons. The van der Waals surface area contributed by atoms with Gasteiger partial charge in [-0.25, -0.2) is 0 Å². The molecule has 148 valence electrons. The minimum atomic E-state index is 0. The van der Waals surface area contributed by atoms with Crippen molar-refractivity contribution in [3.63, 3.8) is 0 Å². The van der Waals surface area contributed by atoms with Gasteiger partial charge in [0.2, 0.25) is 0 Å². The smallest absolute Gasteiger partial charge is 0.191 e. The van der Waals surface area contributed by atoms with Gasteiger partial charge in [-0.15, -0.1) is 24.0 Å². The van der Waals surface area contributed by atoms with E-state index in [4.69, 9.17) is 9.47 Å². The van der Waals surface area contributed by atoms with Crippen LogP contribution in [0, 0.1) is 0 Å². The first-order valence-corrected chi connectivity index (χ1v) is 9.05. The van der Waals surface area contributed by atoms with Crippen molar-refractivity contribution in [2.24, 2.45) is 4.99 Å². The molecule has 0 saturated carbocycles. The third-order valence-electron chi connectivity index (χ3n) is 3.99. The van der Waals surface area contributed by atoms with E-state index in [1.165, 1.54) is 11.1 Å². The van der Waals surface area contributed by atoms with Gasteiger partial charge in [-0.1, -0.05) is 36.4 Å². The molecule has 5 nitrogen and oxygen atoms in total. The summed E-state index contributed by atoms with van der Waals surface area (Å²) in [6, 6.07) is 16.4. The van der Waals surface area contributed by atoms with E-state index in [1.807, 2.05) is 31.2 Å². The number of benzene rings is 2. The predicted octanol–water partition coefficient (Wildman–Crippen LogP) is 4.01. The zero-order chi connectivity index (χ0) is 18.6. The molecule has 0 aliphatic rings. The molecule has 0 fully saturated rings. The van der Waals surface area contributed by atoms with Gasteiger partial charge in [0.1, 0.15) is 0 Å². The summed E-state index contributed by atoms with van der Waals surface area (Å²) in [6.07, 6.45) is 1.97. The minimum Gasteiger partial charge on any atom is -0.493 e. The Morgan fingerprint density at radius 2 is 1.78 bits per heavy atom. The van der Waals surface area contributed by atoms with Crippen LogP contribution in [0.5, 0.6) is 11.5 Å². The number of ether oxygens (including phenoxy) is 2. The number of aryl methyl sites for hydroxylation is 1. The van der Waals surface area contributed by atoms with Gasteiger partial charge in [-0.05, 0) is 43.0 Å². The fraction of sp³-hybridized carbons (Fsp3) is 0.381. The quantitative estimate of drug-likeness (QED) is 0.245. The second-order valence-corrected chi connectivity index (χ2v) is 5.86. The SMILES string of the molecule is CCOc1cc(CCCNC(=NC)NCc2ccccc2)ccc1OC.I. The van der Waals surface area contributed by atoms with Crippen LogP contribution in [-0.2, 0) is 13.0 Å². The second kappa shape index (κ2) is 13.2. The number of rotatable bonds is 9. The Balaban J connectivity index is 0.00000364. The molecule has 6 heteroatoms. The number of hydrogen-bond donors (Lipinski definition) is 2. The van der Waals surface area contributed by atoms with Gasteiger partial charge in [0.15, 0.2) is 17.5 Å². The lowest BCUT2D eigenvalue weighted by Crippen LogP contribution is -2.37. The van der Waals surface area contributed by atoms with E-state index >= 15 is 0 Å². The number of halogens is 1. The minimum absolute atomic E-state index is 0. The largest absolute Gasteiger partial charge is 0.493 e. The Hall–Kier alpha value is -1.96. The lowest BCUT2D eigenvalue weighted by molar-refractivity contribution is 0.310. The highest BCUT2D eigenvalue weighted by atomic mass is 127. The van der Waals surface area contributed by atoms with Crippen molar-refractivity contribution < 1.29 is 9.47 Å². The number of hydrogen-bond acceptors (Lipinski definition) is 3. The van der Waals surface area contributed by atoms with Crippen LogP contribution in [0.2, 0.25) is 0 Å². The van der Waals surface area contributed by atoms with Crippen molar-refractivity contribution in [1.82, 2.24) is 10.6 Å². The normalized spacial score (nSPS) is 10.7. The van der Waals surface area contributed by atoms with E-state index in [-0.39, 0.29) is 24.0 Å². The zero-order valence-corrected chi connectivity index (χ0v) is 18.7. The molecule has 0 heterocycles. The molecular formula is C21H30IN3O2. The second-order valence-electron chi connectivity index (χ2n) is 5.86. The van der Waals surface area contributed by atoms with Crippen LogP contribution in [0.1, 0.15) is 24.5 Å². The fourth-order valence-corrected chi connectivity index (χ4v) is 2.65. The maximum atomic E-state index is 5.63. The molecule has 27 heavy (non-hydrogen) atoms. The summed E-state index contributed by atoms with van der Waals surface area (Å²) < 4.78 is 11.0. The first-order chi connectivity index (χ1) is 12.8. The number of guanidine groups is 1. The molecule has 0 bridgehead atoms. The highest BCUT2D eigenvalue weighted by molar-refractivity contribution is 14.0. The molecule has 2 N–H and O–H groups in total. The third kappa shape index (κ3) is 8.07. The van der Waals surface area contributed by atoms with E-state index in [9.17, 15) is 0 Å². The predicted molar refractivity (Wildman–Crippen MR) is 123 cm³/mol. The Morgan fingerprint density at radius 1 is 1.00 bits per heavy atom. The van der Waals surface area contributed by atoms with Crippen molar-refractivity contribution >= 4 is 29.9 Å². The van der Waals surface area contributed by atoms with Gasteiger partial charge in [0, 0.05) is 20.1 Å². The molecule has 2 aromatic carbocycles.